The number of rotatable bonds is 6. The van der Waals surface area contributed by atoms with Crippen LogP contribution in [0.25, 0.3) is 0 Å². The van der Waals surface area contributed by atoms with Gasteiger partial charge in [-0.15, -0.1) is 0 Å². The van der Waals surface area contributed by atoms with Crippen LogP contribution in [0, 0.1) is 5.92 Å². The molecule has 104 valence electrons. The van der Waals surface area contributed by atoms with Crippen LogP contribution < -0.4 is 9.47 Å². The van der Waals surface area contributed by atoms with Crippen molar-refractivity contribution in [2.45, 2.75) is 40.0 Å². The third-order valence-electron chi connectivity index (χ3n) is 2.49. The topological polar surface area (TPSA) is 52.6 Å². The van der Waals surface area contributed by atoms with Gasteiger partial charge in [-0.25, -0.2) is 0 Å². The van der Waals surface area contributed by atoms with E-state index in [1.807, 2.05) is 0 Å². The lowest BCUT2D eigenvalue weighted by Gasteiger charge is -2.09. The Bertz CT molecular complexity index is 438. The first-order valence-corrected chi connectivity index (χ1v) is 6.47. The molecule has 0 aliphatic rings. The molecule has 0 N–H and O–H groups in total. The third kappa shape index (κ3) is 6.04. The van der Waals surface area contributed by atoms with Crippen LogP contribution >= 0.6 is 0 Å². The molecular formula is C15H20O4. The molecule has 0 amide bonds. The second kappa shape index (κ2) is 7.56. The molecule has 0 fully saturated rings. The van der Waals surface area contributed by atoms with E-state index in [0.717, 1.165) is 12.8 Å². The van der Waals surface area contributed by atoms with Gasteiger partial charge in [0.25, 0.3) is 0 Å². The number of para-hydroxylation sites is 2. The monoisotopic (exact) mass is 264 g/mol. The second-order valence-corrected chi connectivity index (χ2v) is 4.80. The summed E-state index contributed by atoms with van der Waals surface area (Å²) in [6.45, 7) is 5.53. The molecule has 0 atom stereocenters. The predicted molar refractivity (Wildman–Crippen MR) is 72.1 cm³/mol. The van der Waals surface area contributed by atoms with E-state index in [1.165, 1.54) is 6.92 Å². The van der Waals surface area contributed by atoms with Crippen molar-refractivity contribution >= 4 is 11.9 Å². The van der Waals surface area contributed by atoms with Crippen LogP contribution in [0.5, 0.6) is 11.5 Å². The van der Waals surface area contributed by atoms with Gasteiger partial charge in [0, 0.05) is 13.3 Å². The van der Waals surface area contributed by atoms with Gasteiger partial charge in [-0.2, -0.15) is 0 Å². The van der Waals surface area contributed by atoms with Gasteiger partial charge >= 0.3 is 11.9 Å². The summed E-state index contributed by atoms with van der Waals surface area (Å²) in [5.41, 5.74) is 0. The van der Waals surface area contributed by atoms with Crippen molar-refractivity contribution in [3.05, 3.63) is 24.3 Å². The fourth-order valence-electron chi connectivity index (χ4n) is 1.60. The average Bonchev–Trinajstić information content (AvgIpc) is 2.30. The zero-order chi connectivity index (χ0) is 14.3. The van der Waals surface area contributed by atoms with Crippen LogP contribution in [0.2, 0.25) is 0 Å². The molecule has 0 spiro atoms. The molecule has 0 radical (unpaired) electrons. The highest BCUT2D eigenvalue weighted by atomic mass is 16.6. The largest absolute Gasteiger partial charge is 0.423 e. The van der Waals surface area contributed by atoms with Crippen molar-refractivity contribution in [3.8, 4) is 11.5 Å². The summed E-state index contributed by atoms with van der Waals surface area (Å²) in [6.07, 6.45) is 2.15. The fourth-order valence-corrected chi connectivity index (χ4v) is 1.60. The van der Waals surface area contributed by atoms with Crippen LogP contribution in [0.15, 0.2) is 24.3 Å². The Morgan fingerprint density at radius 2 is 1.68 bits per heavy atom. The van der Waals surface area contributed by atoms with Crippen molar-refractivity contribution in [1.29, 1.82) is 0 Å². The molecule has 0 aromatic heterocycles. The highest BCUT2D eigenvalue weighted by molar-refractivity contribution is 5.75. The first kappa shape index (κ1) is 15.2. The molecule has 1 aromatic rings. The number of carbonyl (C=O) groups excluding carboxylic acids is 2. The van der Waals surface area contributed by atoms with E-state index in [1.54, 1.807) is 24.3 Å². The van der Waals surface area contributed by atoms with Crippen molar-refractivity contribution in [3.63, 3.8) is 0 Å². The number of benzene rings is 1. The third-order valence-corrected chi connectivity index (χ3v) is 2.49. The average molecular weight is 264 g/mol. The van der Waals surface area contributed by atoms with Gasteiger partial charge in [0.1, 0.15) is 0 Å². The molecule has 19 heavy (non-hydrogen) atoms. The molecule has 0 unspecified atom stereocenters. The molecule has 0 aliphatic carbocycles. The van der Waals surface area contributed by atoms with Crippen LogP contribution in [-0.4, -0.2) is 11.9 Å². The highest BCUT2D eigenvalue weighted by Gasteiger charge is 2.11. The van der Waals surface area contributed by atoms with Crippen LogP contribution in [0.1, 0.15) is 40.0 Å². The van der Waals surface area contributed by atoms with E-state index in [4.69, 9.17) is 9.47 Å². The minimum absolute atomic E-state index is 0.271. The van der Waals surface area contributed by atoms with E-state index < -0.39 is 5.97 Å². The lowest BCUT2D eigenvalue weighted by atomic mass is 10.1. The minimum Gasteiger partial charge on any atom is -0.423 e. The summed E-state index contributed by atoms with van der Waals surface area (Å²) in [6, 6.07) is 6.65. The minimum atomic E-state index is -0.441. The van der Waals surface area contributed by atoms with Gasteiger partial charge in [-0.05, 0) is 24.5 Å². The van der Waals surface area contributed by atoms with Crippen molar-refractivity contribution in [2.24, 2.45) is 5.92 Å². The molecule has 0 saturated carbocycles. The number of esters is 2. The van der Waals surface area contributed by atoms with Gasteiger partial charge < -0.3 is 9.47 Å². The summed E-state index contributed by atoms with van der Waals surface area (Å²) in [5, 5.41) is 0. The maximum Gasteiger partial charge on any atom is 0.311 e. The summed E-state index contributed by atoms with van der Waals surface area (Å²) in [4.78, 5) is 22.6. The Balaban J connectivity index is 2.56. The van der Waals surface area contributed by atoms with Crippen molar-refractivity contribution in [2.75, 3.05) is 0 Å². The van der Waals surface area contributed by atoms with Crippen molar-refractivity contribution in [1.82, 2.24) is 0 Å². The highest BCUT2D eigenvalue weighted by Crippen LogP contribution is 2.27. The van der Waals surface area contributed by atoms with Gasteiger partial charge in [-0.1, -0.05) is 32.4 Å². The summed E-state index contributed by atoms with van der Waals surface area (Å²) in [5.74, 6) is 0.379. The molecule has 4 nitrogen and oxygen atoms in total. The zero-order valence-electron chi connectivity index (χ0n) is 11.6. The van der Waals surface area contributed by atoms with Crippen molar-refractivity contribution < 1.29 is 19.1 Å². The standard InChI is InChI=1S/C15H20O4/c1-11(2)7-6-10-15(17)19-14-9-5-4-8-13(14)18-12(3)16/h4-5,8-9,11H,6-7,10H2,1-3H3. The van der Waals surface area contributed by atoms with Gasteiger partial charge in [0.05, 0.1) is 0 Å². The Morgan fingerprint density at radius 1 is 1.11 bits per heavy atom. The Morgan fingerprint density at radius 3 is 2.21 bits per heavy atom. The molecule has 0 aliphatic heterocycles. The Labute approximate surface area is 113 Å². The van der Waals surface area contributed by atoms with E-state index in [2.05, 4.69) is 13.8 Å². The SMILES string of the molecule is CC(=O)Oc1ccccc1OC(=O)CCCC(C)C. The van der Waals surface area contributed by atoms with E-state index in [0.29, 0.717) is 12.3 Å². The van der Waals surface area contributed by atoms with Crippen LogP contribution in [0.3, 0.4) is 0 Å². The van der Waals surface area contributed by atoms with Gasteiger partial charge in [-0.3, -0.25) is 9.59 Å². The van der Waals surface area contributed by atoms with Gasteiger partial charge in [0.15, 0.2) is 11.5 Å². The smallest absolute Gasteiger partial charge is 0.311 e. The van der Waals surface area contributed by atoms with E-state index in [-0.39, 0.29) is 17.5 Å². The molecule has 4 heteroatoms. The summed E-state index contributed by atoms with van der Waals surface area (Å²) < 4.78 is 10.2. The maximum atomic E-state index is 11.7. The number of hydrogen-bond acceptors (Lipinski definition) is 4. The molecule has 1 aromatic carbocycles. The number of ether oxygens (including phenoxy) is 2. The maximum absolute atomic E-state index is 11.7. The lowest BCUT2D eigenvalue weighted by molar-refractivity contribution is -0.136. The van der Waals surface area contributed by atoms with Gasteiger partial charge in [0.2, 0.25) is 0 Å². The lowest BCUT2D eigenvalue weighted by Crippen LogP contribution is -2.10. The molecular weight excluding hydrogens is 244 g/mol. The quantitative estimate of drug-likeness (QED) is 0.584. The molecule has 0 saturated heterocycles. The van der Waals surface area contributed by atoms with Crippen LogP contribution in [-0.2, 0) is 9.59 Å². The Hall–Kier alpha value is -1.84. The number of hydrogen-bond donors (Lipinski definition) is 0. The number of carbonyl (C=O) groups is 2. The zero-order valence-corrected chi connectivity index (χ0v) is 11.6. The van der Waals surface area contributed by atoms with E-state index >= 15 is 0 Å². The first-order valence-electron chi connectivity index (χ1n) is 6.47. The second-order valence-electron chi connectivity index (χ2n) is 4.80. The summed E-state index contributed by atoms with van der Waals surface area (Å²) >= 11 is 0. The Kier molecular flexibility index (Phi) is 6.06. The fraction of sp³-hybridized carbons (Fsp3) is 0.467. The molecule has 0 bridgehead atoms. The summed E-state index contributed by atoms with van der Waals surface area (Å²) in [7, 11) is 0. The first-order chi connectivity index (χ1) is 8.99. The predicted octanol–water partition coefficient (Wildman–Crippen LogP) is 3.34. The molecule has 1 rings (SSSR count). The van der Waals surface area contributed by atoms with E-state index in [9.17, 15) is 9.59 Å². The normalized spacial score (nSPS) is 10.3. The molecule has 0 heterocycles. The van der Waals surface area contributed by atoms with Crippen LogP contribution in [0.4, 0.5) is 0 Å².